The molecule has 0 aliphatic heterocycles. The Kier molecular flexibility index (Phi) is 2.72. The van der Waals surface area contributed by atoms with Gasteiger partial charge in [-0.15, -0.1) is 11.3 Å². The molecule has 1 aromatic heterocycles. The largest absolute Gasteiger partial charge is 0.390 e. The van der Waals surface area contributed by atoms with E-state index in [0.29, 0.717) is 0 Å². The zero-order chi connectivity index (χ0) is 11.0. The maximum atomic E-state index is 5.98. The topological polar surface area (TPSA) is 26.0 Å². The molecule has 0 bridgehead atoms. The second-order valence-electron chi connectivity index (χ2n) is 3.60. The van der Waals surface area contributed by atoms with Gasteiger partial charge in [-0.2, -0.15) is 0 Å². The smallest absolute Gasteiger partial charge is 0.0938 e. The molecule has 0 saturated carbocycles. The third-order valence-corrected chi connectivity index (χ3v) is 3.66. The van der Waals surface area contributed by atoms with Crippen molar-refractivity contribution in [2.24, 2.45) is 0 Å². The van der Waals surface area contributed by atoms with E-state index >= 15 is 0 Å². The summed E-state index contributed by atoms with van der Waals surface area (Å²) in [7, 11) is 0. The van der Waals surface area contributed by atoms with Crippen LogP contribution >= 0.6 is 22.9 Å². The summed E-state index contributed by atoms with van der Waals surface area (Å²) in [4.78, 5) is 1.23. The van der Waals surface area contributed by atoms with Gasteiger partial charge in [0, 0.05) is 15.5 Å². The molecule has 0 amide bonds. The minimum absolute atomic E-state index is 0.796. The van der Waals surface area contributed by atoms with Crippen LogP contribution in [0.3, 0.4) is 0 Å². The highest BCUT2D eigenvalue weighted by Gasteiger charge is 2.07. The Labute approximate surface area is 98.5 Å². The van der Waals surface area contributed by atoms with Crippen molar-refractivity contribution < 1.29 is 0 Å². The summed E-state index contributed by atoms with van der Waals surface area (Å²) in [5.41, 5.74) is 9.27. The summed E-state index contributed by atoms with van der Waals surface area (Å²) in [6.45, 7) is 4.06. The van der Waals surface area contributed by atoms with Crippen LogP contribution < -0.4 is 5.73 Å². The predicted octanol–water partition coefficient (Wildman–Crippen LogP) is 4.27. The summed E-state index contributed by atoms with van der Waals surface area (Å²) in [6, 6.07) is 8.11. The van der Waals surface area contributed by atoms with Gasteiger partial charge < -0.3 is 5.73 Å². The fourth-order valence-corrected chi connectivity index (χ4v) is 2.50. The molecule has 1 nitrogen and oxygen atoms in total. The second kappa shape index (κ2) is 3.87. The van der Waals surface area contributed by atoms with E-state index in [2.05, 4.69) is 19.1 Å². The van der Waals surface area contributed by atoms with E-state index in [-0.39, 0.29) is 0 Å². The number of nitrogen functional groups attached to an aromatic ring is 1. The zero-order valence-corrected chi connectivity index (χ0v) is 10.2. The van der Waals surface area contributed by atoms with Gasteiger partial charge in [-0.1, -0.05) is 17.7 Å². The molecule has 1 heterocycles. The molecule has 78 valence electrons. The Morgan fingerprint density at radius 3 is 2.47 bits per heavy atom. The number of benzene rings is 1. The van der Waals surface area contributed by atoms with Gasteiger partial charge in [0.25, 0.3) is 0 Å². The van der Waals surface area contributed by atoms with Crippen LogP contribution in [0.25, 0.3) is 11.1 Å². The SMILES string of the molecule is Cc1cc(-c2ccc(Cl)c(C)c2)c(N)s1. The molecule has 0 fully saturated rings. The number of thiophene rings is 1. The van der Waals surface area contributed by atoms with Crippen molar-refractivity contribution in [3.8, 4) is 11.1 Å². The van der Waals surface area contributed by atoms with Crippen LogP contribution in [0.2, 0.25) is 5.02 Å². The highest BCUT2D eigenvalue weighted by molar-refractivity contribution is 7.16. The Hall–Kier alpha value is -0.990. The number of hydrogen-bond donors (Lipinski definition) is 1. The summed E-state index contributed by atoms with van der Waals surface area (Å²) < 4.78 is 0. The molecule has 15 heavy (non-hydrogen) atoms. The Balaban J connectivity index is 2.54. The van der Waals surface area contributed by atoms with E-state index in [1.807, 2.05) is 19.1 Å². The van der Waals surface area contributed by atoms with Crippen LogP contribution in [0, 0.1) is 13.8 Å². The number of anilines is 1. The van der Waals surface area contributed by atoms with Gasteiger partial charge >= 0.3 is 0 Å². The Morgan fingerprint density at radius 2 is 1.93 bits per heavy atom. The molecule has 0 aliphatic carbocycles. The van der Waals surface area contributed by atoms with Crippen LogP contribution in [-0.4, -0.2) is 0 Å². The first-order valence-electron chi connectivity index (χ1n) is 4.70. The molecule has 0 atom stereocenters. The molecule has 1 aromatic carbocycles. The zero-order valence-electron chi connectivity index (χ0n) is 8.67. The van der Waals surface area contributed by atoms with E-state index < -0.39 is 0 Å². The normalized spacial score (nSPS) is 10.6. The predicted molar refractivity (Wildman–Crippen MR) is 68.7 cm³/mol. The lowest BCUT2D eigenvalue weighted by Gasteiger charge is -2.03. The molecule has 2 aromatic rings. The first-order valence-corrected chi connectivity index (χ1v) is 5.90. The van der Waals surface area contributed by atoms with Crippen molar-refractivity contribution in [2.45, 2.75) is 13.8 Å². The van der Waals surface area contributed by atoms with Crippen LogP contribution in [0.1, 0.15) is 10.4 Å². The third kappa shape index (κ3) is 2.01. The number of hydrogen-bond acceptors (Lipinski definition) is 2. The van der Waals surface area contributed by atoms with Gasteiger partial charge in [0.05, 0.1) is 5.00 Å². The molecule has 0 spiro atoms. The first kappa shape index (κ1) is 10.5. The maximum absolute atomic E-state index is 5.98. The molecule has 3 heteroatoms. The molecular formula is C12H12ClNS. The summed E-state index contributed by atoms with van der Waals surface area (Å²) in [6.07, 6.45) is 0. The molecular weight excluding hydrogens is 226 g/mol. The number of halogens is 1. The summed E-state index contributed by atoms with van der Waals surface area (Å²) >= 11 is 7.60. The summed E-state index contributed by atoms with van der Waals surface area (Å²) in [5, 5.41) is 1.67. The lowest BCUT2D eigenvalue weighted by atomic mass is 10.1. The van der Waals surface area contributed by atoms with E-state index in [1.165, 1.54) is 4.88 Å². The van der Waals surface area contributed by atoms with Gasteiger partial charge in [-0.05, 0) is 43.2 Å². The quantitative estimate of drug-likeness (QED) is 0.788. The van der Waals surface area contributed by atoms with Gasteiger partial charge in [0.15, 0.2) is 0 Å². The van der Waals surface area contributed by atoms with Gasteiger partial charge in [0.1, 0.15) is 0 Å². The van der Waals surface area contributed by atoms with Crippen LogP contribution in [-0.2, 0) is 0 Å². The van der Waals surface area contributed by atoms with Crippen molar-refractivity contribution in [1.82, 2.24) is 0 Å². The van der Waals surface area contributed by atoms with Crippen molar-refractivity contribution in [2.75, 3.05) is 5.73 Å². The molecule has 0 aliphatic rings. The van der Waals surface area contributed by atoms with E-state index in [1.54, 1.807) is 11.3 Å². The molecule has 2 N–H and O–H groups in total. The molecule has 0 saturated heterocycles. The van der Waals surface area contributed by atoms with E-state index in [4.69, 9.17) is 17.3 Å². The number of aryl methyl sites for hydroxylation is 2. The third-order valence-electron chi connectivity index (χ3n) is 2.35. The average molecular weight is 238 g/mol. The van der Waals surface area contributed by atoms with Crippen molar-refractivity contribution in [1.29, 1.82) is 0 Å². The molecule has 0 radical (unpaired) electrons. The first-order chi connectivity index (χ1) is 7.08. The fraction of sp³-hybridized carbons (Fsp3) is 0.167. The van der Waals surface area contributed by atoms with Gasteiger partial charge in [-0.3, -0.25) is 0 Å². The molecule has 0 unspecified atom stereocenters. The minimum atomic E-state index is 0.796. The Morgan fingerprint density at radius 1 is 1.20 bits per heavy atom. The Bertz CT molecular complexity index is 502. The van der Waals surface area contributed by atoms with Gasteiger partial charge in [-0.25, -0.2) is 0 Å². The maximum Gasteiger partial charge on any atom is 0.0938 e. The highest BCUT2D eigenvalue weighted by atomic mass is 35.5. The minimum Gasteiger partial charge on any atom is -0.390 e. The molecule has 2 rings (SSSR count). The van der Waals surface area contributed by atoms with Crippen molar-refractivity contribution >= 4 is 27.9 Å². The number of rotatable bonds is 1. The van der Waals surface area contributed by atoms with Crippen molar-refractivity contribution in [3.63, 3.8) is 0 Å². The van der Waals surface area contributed by atoms with Crippen molar-refractivity contribution in [3.05, 3.63) is 39.7 Å². The van der Waals surface area contributed by atoms with Crippen LogP contribution in [0.5, 0.6) is 0 Å². The lowest BCUT2D eigenvalue weighted by molar-refractivity contribution is 1.47. The standard InChI is InChI=1S/C12H12ClNS/c1-7-5-9(3-4-11(7)13)10-6-8(2)15-12(10)14/h3-6H,14H2,1-2H3. The lowest BCUT2D eigenvalue weighted by Crippen LogP contribution is -1.84. The fourth-order valence-electron chi connectivity index (χ4n) is 1.57. The second-order valence-corrected chi connectivity index (χ2v) is 5.29. The average Bonchev–Trinajstić information content (AvgIpc) is 2.50. The van der Waals surface area contributed by atoms with E-state index in [9.17, 15) is 0 Å². The van der Waals surface area contributed by atoms with Crippen LogP contribution in [0.4, 0.5) is 5.00 Å². The monoisotopic (exact) mass is 237 g/mol. The number of nitrogens with two attached hydrogens (primary N) is 1. The van der Waals surface area contributed by atoms with Gasteiger partial charge in [0.2, 0.25) is 0 Å². The van der Waals surface area contributed by atoms with Crippen LogP contribution in [0.15, 0.2) is 24.3 Å². The van der Waals surface area contributed by atoms with E-state index in [0.717, 1.165) is 26.7 Å². The highest BCUT2D eigenvalue weighted by Crippen LogP contribution is 2.34. The summed E-state index contributed by atoms with van der Waals surface area (Å²) in [5.74, 6) is 0.